The van der Waals surface area contributed by atoms with E-state index in [1.165, 1.54) is 7.11 Å². The van der Waals surface area contributed by atoms with E-state index in [9.17, 15) is 14.4 Å². The Morgan fingerprint density at radius 3 is 1.30 bits per heavy atom. The Labute approximate surface area is 361 Å². The lowest BCUT2D eigenvalue weighted by molar-refractivity contribution is -0.142. The summed E-state index contributed by atoms with van der Waals surface area (Å²) in [4.78, 5) is 39.6. The molecule has 8 bridgehead atoms. The van der Waals surface area contributed by atoms with Crippen LogP contribution in [0, 0.1) is 0 Å². The van der Waals surface area contributed by atoms with Gasteiger partial charge in [-0.15, -0.1) is 0 Å². The molecule has 1 aliphatic carbocycles. The Kier molecular flexibility index (Phi) is 16.5. The average molecular weight is 837 g/mol. The number of nitrogens with one attached hydrogen (secondary N) is 2. The average Bonchev–Trinajstić information content (AvgIpc) is 3.21. The van der Waals surface area contributed by atoms with Gasteiger partial charge in [0.25, 0.3) is 5.91 Å². The zero-order valence-electron chi connectivity index (χ0n) is 37.5. The zero-order chi connectivity index (χ0) is 44.1. The fourth-order valence-electron chi connectivity index (χ4n) is 7.39. The van der Waals surface area contributed by atoms with Crippen molar-refractivity contribution >= 4 is 23.7 Å². The summed E-state index contributed by atoms with van der Waals surface area (Å²) in [6.45, 7) is 17.4. The SMILES string of the molecule is CCCOc1c2cccc1Cc1cc(C(=O)N[C@H](C)C(=O)OC)cc(c1OCCC)Cc1cccc(c1OCCC)Cc1cc(NC(=O)OC(C)(C)C)cc(c1OCCC)C2. The fraction of sp³-hybridized carbons (Fsp3) is 0.460. The van der Waals surface area contributed by atoms with Gasteiger partial charge in [0.05, 0.1) is 33.5 Å². The third-order valence-corrected chi connectivity index (χ3v) is 9.98. The van der Waals surface area contributed by atoms with Crippen molar-refractivity contribution in [2.45, 2.75) is 118 Å². The zero-order valence-corrected chi connectivity index (χ0v) is 37.5. The molecule has 0 aromatic heterocycles. The highest BCUT2D eigenvalue weighted by Crippen LogP contribution is 2.41. The number of ether oxygens (including phenoxy) is 6. The third-order valence-electron chi connectivity index (χ3n) is 9.98. The Balaban J connectivity index is 1.82. The number of hydrogen-bond acceptors (Lipinski definition) is 9. The minimum Gasteiger partial charge on any atom is -0.493 e. The molecule has 61 heavy (non-hydrogen) atoms. The number of esters is 1. The molecule has 328 valence electrons. The molecule has 0 saturated heterocycles. The number of amides is 2. The van der Waals surface area contributed by atoms with Gasteiger partial charge in [0, 0.05) is 48.1 Å². The maximum Gasteiger partial charge on any atom is 0.412 e. The van der Waals surface area contributed by atoms with Crippen molar-refractivity contribution in [1.82, 2.24) is 5.32 Å². The molecule has 4 aromatic rings. The van der Waals surface area contributed by atoms with Gasteiger partial charge >= 0.3 is 12.1 Å². The van der Waals surface area contributed by atoms with Gasteiger partial charge in [0.2, 0.25) is 0 Å². The molecule has 2 amide bonds. The Morgan fingerprint density at radius 2 is 0.951 bits per heavy atom. The lowest BCUT2D eigenvalue weighted by Crippen LogP contribution is -2.39. The van der Waals surface area contributed by atoms with Crippen molar-refractivity contribution in [1.29, 1.82) is 0 Å². The van der Waals surface area contributed by atoms with Crippen molar-refractivity contribution in [3.8, 4) is 23.0 Å². The number of hydrogen-bond donors (Lipinski definition) is 2. The molecule has 0 heterocycles. The molecule has 0 saturated carbocycles. The number of fused-ring (bicyclic) bond motifs is 8. The van der Waals surface area contributed by atoms with Crippen LogP contribution in [0.3, 0.4) is 0 Å². The third kappa shape index (κ3) is 12.4. The van der Waals surface area contributed by atoms with E-state index in [-0.39, 0.29) is 0 Å². The van der Waals surface area contributed by atoms with Crippen LogP contribution in [0.1, 0.15) is 136 Å². The minimum absolute atomic E-state index is 0.385. The predicted octanol–water partition coefficient (Wildman–Crippen LogP) is 10.2. The van der Waals surface area contributed by atoms with E-state index in [4.69, 9.17) is 28.4 Å². The van der Waals surface area contributed by atoms with E-state index in [0.717, 1.165) is 87.4 Å². The summed E-state index contributed by atoms with van der Waals surface area (Å²) in [6, 6.07) is 19.0. The summed E-state index contributed by atoms with van der Waals surface area (Å²) in [7, 11) is 1.30. The first-order valence-corrected chi connectivity index (χ1v) is 21.7. The lowest BCUT2D eigenvalue weighted by Gasteiger charge is -2.24. The predicted molar refractivity (Wildman–Crippen MR) is 239 cm³/mol. The topological polar surface area (TPSA) is 131 Å². The summed E-state index contributed by atoms with van der Waals surface area (Å²) >= 11 is 0. The second-order valence-electron chi connectivity index (χ2n) is 16.5. The Morgan fingerprint density at radius 1 is 0.590 bits per heavy atom. The summed E-state index contributed by atoms with van der Waals surface area (Å²) < 4.78 is 37.2. The molecule has 2 N–H and O–H groups in total. The minimum atomic E-state index is -0.856. The highest BCUT2D eigenvalue weighted by atomic mass is 16.6. The van der Waals surface area contributed by atoms with Gasteiger partial charge in [0.1, 0.15) is 34.6 Å². The normalized spacial score (nSPS) is 12.7. The van der Waals surface area contributed by atoms with Gasteiger partial charge in [-0.3, -0.25) is 10.1 Å². The van der Waals surface area contributed by atoms with E-state index < -0.39 is 29.6 Å². The fourth-order valence-corrected chi connectivity index (χ4v) is 7.39. The van der Waals surface area contributed by atoms with Crippen LogP contribution in [0.5, 0.6) is 23.0 Å². The van der Waals surface area contributed by atoms with Crippen LogP contribution in [-0.4, -0.2) is 63.1 Å². The van der Waals surface area contributed by atoms with Gasteiger partial charge in [-0.1, -0.05) is 64.1 Å². The van der Waals surface area contributed by atoms with E-state index in [0.29, 0.717) is 69.1 Å². The molecule has 0 fully saturated rings. The van der Waals surface area contributed by atoms with Crippen molar-refractivity contribution in [2.24, 2.45) is 0 Å². The molecule has 5 rings (SSSR count). The van der Waals surface area contributed by atoms with Crippen molar-refractivity contribution < 1.29 is 42.8 Å². The highest BCUT2D eigenvalue weighted by molar-refractivity contribution is 5.97. The second-order valence-corrected chi connectivity index (χ2v) is 16.5. The molecule has 4 aromatic carbocycles. The summed E-state index contributed by atoms with van der Waals surface area (Å²) in [5.41, 5.74) is 7.36. The molecular formula is C50H64N2O9. The first-order valence-electron chi connectivity index (χ1n) is 21.7. The van der Waals surface area contributed by atoms with Crippen LogP contribution in [-0.2, 0) is 40.0 Å². The number of carbonyl (C=O) groups is 3. The maximum absolute atomic E-state index is 14.0. The van der Waals surface area contributed by atoms with E-state index in [1.807, 2.05) is 69.3 Å². The smallest absolute Gasteiger partial charge is 0.412 e. The second kappa shape index (κ2) is 21.7. The maximum atomic E-state index is 14.0. The van der Waals surface area contributed by atoms with Gasteiger partial charge in [0.15, 0.2) is 0 Å². The Bertz CT molecular complexity index is 2050. The highest BCUT2D eigenvalue weighted by Gasteiger charge is 2.26. The van der Waals surface area contributed by atoms with Crippen LogP contribution in [0.2, 0.25) is 0 Å². The van der Waals surface area contributed by atoms with Gasteiger partial charge in [-0.25, -0.2) is 9.59 Å². The van der Waals surface area contributed by atoms with Crippen LogP contribution in [0.4, 0.5) is 10.5 Å². The first kappa shape index (κ1) is 46.4. The number of para-hydroxylation sites is 2. The molecule has 1 atom stereocenters. The van der Waals surface area contributed by atoms with Crippen LogP contribution >= 0.6 is 0 Å². The van der Waals surface area contributed by atoms with Crippen LogP contribution < -0.4 is 29.6 Å². The largest absolute Gasteiger partial charge is 0.493 e. The van der Waals surface area contributed by atoms with Gasteiger partial charge in [-0.05, 0) is 111 Å². The molecule has 11 nitrogen and oxygen atoms in total. The monoisotopic (exact) mass is 836 g/mol. The van der Waals surface area contributed by atoms with Gasteiger partial charge in [-0.2, -0.15) is 0 Å². The summed E-state index contributed by atoms with van der Waals surface area (Å²) in [5.74, 6) is 1.98. The molecule has 0 radical (unpaired) electrons. The first-order chi connectivity index (χ1) is 29.3. The number of anilines is 1. The lowest BCUT2D eigenvalue weighted by atomic mass is 9.90. The number of rotatable bonds is 16. The molecule has 11 heteroatoms. The molecule has 0 aliphatic heterocycles. The number of methoxy groups -OCH3 is 1. The van der Waals surface area contributed by atoms with Crippen LogP contribution in [0.25, 0.3) is 0 Å². The van der Waals surface area contributed by atoms with E-state index >= 15 is 0 Å². The molecule has 0 spiro atoms. The molecule has 0 unspecified atom stereocenters. The van der Waals surface area contributed by atoms with E-state index in [1.54, 1.807) is 6.92 Å². The molecular weight excluding hydrogens is 773 g/mol. The van der Waals surface area contributed by atoms with Crippen molar-refractivity contribution in [3.05, 3.63) is 111 Å². The van der Waals surface area contributed by atoms with Crippen molar-refractivity contribution in [3.63, 3.8) is 0 Å². The van der Waals surface area contributed by atoms with Crippen LogP contribution in [0.15, 0.2) is 60.7 Å². The molecule has 1 aliphatic rings. The quantitative estimate of drug-likeness (QED) is 0.0933. The summed E-state index contributed by atoms with van der Waals surface area (Å²) in [5, 5.41) is 5.83. The Hall–Kier alpha value is -5.71. The number of carbonyl (C=O) groups excluding carboxylic acids is 3. The standard InChI is InChI=1S/C50H64N2O9/c1-10-20-57-43-33-16-14-18-35(43)26-39-30-42(52-49(55)61-50(6,7)8)31-40(46(39)60-23-13-4)27-36-19-15-17-34(44(36)58-21-11-2)25-38-29-41(47(53)51-32(5)48(54)56-9)28-37(24-33)45(38)59-22-12-3/h14-19,28-32H,10-13,20-27H2,1-9H3,(H,51,53)(H,52,55)/t32-/m1/s1. The summed E-state index contributed by atoms with van der Waals surface area (Å²) in [6.07, 6.45) is 4.26. The van der Waals surface area contributed by atoms with E-state index in [2.05, 4.69) is 50.5 Å². The van der Waals surface area contributed by atoms with Gasteiger partial charge < -0.3 is 33.7 Å². The van der Waals surface area contributed by atoms with Crippen molar-refractivity contribution in [2.75, 3.05) is 38.9 Å². The number of benzene rings is 4.